The van der Waals surface area contributed by atoms with E-state index in [4.69, 9.17) is 5.73 Å². The lowest BCUT2D eigenvalue weighted by molar-refractivity contribution is -0.122. The Hall–Kier alpha value is -0.650. The number of amides is 1. The van der Waals surface area contributed by atoms with Crippen LogP contribution in [0.15, 0.2) is 22.7 Å². The predicted molar refractivity (Wildman–Crippen MR) is 87.7 cm³/mol. The van der Waals surface area contributed by atoms with Crippen molar-refractivity contribution in [2.45, 2.75) is 44.7 Å². The van der Waals surface area contributed by atoms with Crippen molar-refractivity contribution in [2.24, 2.45) is 11.7 Å². The fourth-order valence-corrected chi connectivity index (χ4v) is 3.06. The highest BCUT2D eigenvalue weighted by atomic mass is 79.9. The van der Waals surface area contributed by atoms with E-state index in [9.17, 15) is 9.18 Å². The van der Waals surface area contributed by atoms with E-state index in [0.29, 0.717) is 13.0 Å². The fourth-order valence-electron chi connectivity index (χ4n) is 2.67. The van der Waals surface area contributed by atoms with E-state index in [2.05, 4.69) is 21.2 Å². The van der Waals surface area contributed by atoms with Crippen LogP contribution in [-0.4, -0.2) is 11.9 Å². The summed E-state index contributed by atoms with van der Waals surface area (Å²) in [6.45, 7) is 0.332. The molecule has 0 spiro atoms. The van der Waals surface area contributed by atoms with Gasteiger partial charge in [0.05, 0.1) is 0 Å². The van der Waals surface area contributed by atoms with Gasteiger partial charge in [0.25, 0.3) is 0 Å². The minimum Gasteiger partial charge on any atom is -0.352 e. The number of halogens is 3. The lowest BCUT2D eigenvalue weighted by Gasteiger charge is -2.27. The third-order valence-electron chi connectivity index (χ3n) is 3.90. The molecule has 1 saturated carbocycles. The van der Waals surface area contributed by atoms with Crippen LogP contribution in [0.1, 0.15) is 37.7 Å². The first-order chi connectivity index (χ1) is 9.56. The molecule has 1 fully saturated rings. The third kappa shape index (κ3) is 5.57. The minimum atomic E-state index is -0.299. The highest BCUT2D eigenvalue weighted by Crippen LogP contribution is 2.25. The van der Waals surface area contributed by atoms with Gasteiger partial charge in [-0.2, -0.15) is 0 Å². The van der Waals surface area contributed by atoms with Crippen molar-refractivity contribution >= 4 is 34.2 Å². The van der Waals surface area contributed by atoms with Gasteiger partial charge in [0.2, 0.25) is 5.91 Å². The summed E-state index contributed by atoms with van der Waals surface area (Å²) < 4.78 is 13.9. The quantitative estimate of drug-likeness (QED) is 0.841. The van der Waals surface area contributed by atoms with Crippen molar-refractivity contribution in [3.8, 4) is 0 Å². The predicted octanol–water partition coefficient (Wildman–Crippen LogP) is 3.53. The average molecular weight is 380 g/mol. The van der Waals surface area contributed by atoms with Crippen molar-refractivity contribution in [3.05, 3.63) is 34.1 Å². The van der Waals surface area contributed by atoms with E-state index in [1.54, 1.807) is 6.07 Å². The Labute approximate surface area is 139 Å². The van der Waals surface area contributed by atoms with Gasteiger partial charge in [-0.25, -0.2) is 4.39 Å². The Morgan fingerprint density at radius 2 is 2.10 bits per heavy atom. The summed E-state index contributed by atoms with van der Waals surface area (Å²) in [4.78, 5) is 12.0. The Bertz CT molecular complexity index is 487. The van der Waals surface area contributed by atoms with Crippen LogP contribution in [0.3, 0.4) is 0 Å². The lowest BCUT2D eigenvalue weighted by Crippen LogP contribution is -2.37. The summed E-state index contributed by atoms with van der Waals surface area (Å²) in [5.41, 5.74) is 6.78. The maximum atomic E-state index is 13.1. The molecule has 118 valence electrons. The maximum Gasteiger partial charge on any atom is 0.220 e. The van der Waals surface area contributed by atoms with Gasteiger partial charge in [-0.1, -0.05) is 28.8 Å². The molecular weight excluding hydrogens is 359 g/mol. The van der Waals surface area contributed by atoms with Gasteiger partial charge in [-0.05, 0) is 42.5 Å². The van der Waals surface area contributed by atoms with Crippen molar-refractivity contribution in [2.75, 3.05) is 0 Å². The smallest absolute Gasteiger partial charge is 0.220 e. The Morgan fingerprint density at radius 3 is 2.81 bits per heavy atom. The minimum absolute atomic E-state index is 0. The molecular formula is C15H21BrClFN2O. The van der Waals surface area contributed by atoms with Crippen LogP contribution in [0, 0.1) is 11.7 Å². The topological polar surface area (TPSA) is 55.1 Å². The number of nitrogens with two attached hydrogens (primary N) is 1. The molecule has 21 heavy (non-hydrogen) atoms. The fraction of sp³-hybridized carbons (Fsp3) is 0.533. The largest absolute Gasteiger partial charge is 0.352 e. The molecule has 1 aliphatic carbocycles. The lowest BCUT2D eigenvalue weighted by atomic mass is 9.83. The van der Waals surface area contributed by atoms with Crippen LogP contribution in [0.25, 0.3) is 0 Å². The summed E-state index contributed by atoms with van der Waals surface area (Å²) in [5.74, 6) is -0.0324. The molecule has 3 nitrogen and oxygen atoms in total. The zero-order chi connectivity index (χ0) is 14.5. The van der Waals surface area contributed by atoms with Crippen molar-refractivity contribution in [1.29, 1.82) is 0 Å². The van der Waals surface area contributed by atoms with E-state index < -0.39 is 0 Å². The monoisotopic (exact) mass is 378 g/mol. The first kappa shape index (κ1) is 18.4. The number of hydrogen-bond acceptors (Lipinski definition) is 2. The van der Waals surface area contributed by atoms with Crippen LogP contribution in [-0.2, 0) is 11.3 Å². The van der Waals surface area contributed by atoms with E-state index in [0.717, 1.165) is 35.7 Å². The van der Waals surface area contributed by atoms with Gasteiger partial charge in [0.15, 0.2) is 0 Å². The normalized spacial score (nSPS) is 21.5. The van der Waals surface area contributed by atoms with Gasteiger partial charge in [0.1, 0.15) is 5.82 Å². The molecule has 2 rings (SSSR count). The molecule has 1 aliphatic rings. The third-order valence-corrected chi connectivity index (χ3v) is 4.67. The van der Waals surface area contributed by atoms with Crippen molar-refractivity contribution < 1.29 is 9.18 Å². The summed E-state index contributed by atoms with van der Waals surface area (Å²) in [6.07, 6.45) is 4.82. The number of carbonyl (C=O) groups excluding carboxylic acids is 1. The van der Waals surface area contributed by atoms with Gasteiger partial charge < -0.3 is 11.1 Å². The summed E-state index contributed by atoms with van der Waals surface area (Å²) in [7, 11) is 0. The van der Waals surface area contributed by atoms with Gasteiger partial charge in [0, 0.05) is 23.5 Å². The molecule has 0 bridgehead atoms. The Balaban J connectivity index is 0.00000220. The summed E-state index contributed by atoms with van der Waals surface area (Å²) in [5, 5.41) is 2.84. The number of benzene rings is 1. The number of carbonyl (C=O) groups is 1. The van der Waals surface area contributed by atoms with E-state index in [1.807, 2.05) is 0 Å². The van der Waals surface area contributed by atoms with Crippen LogP contribution in [0.2, 0.25) is 0 Å². The van der Waals surface area contributed by atoms with Gasteiger partial charge in [-0.15, -0.1) is 12.4 Å². The van der Waals surface area contributed by atoms with Crippen LogP contribution >= 0.6 is 28.3 Å². The molecule has 0 radical (unpaired) electrons. The number of nitrogens with one attached hydrogen (secondary N) is 1. The Morgan fingerprint density at radius 1 is 1.38 bits per heavy atom. The molecule has 2 unspecified atom stereocenters. The summed E-state index contributed by atoms with van der Waals surface area (Å²) >= 11 is 3.35. The molecule has 0 heterocycles. The second-order valence-electron chi connectivity index (χ2n) is 5.42. The first-order valence-electron chi connectivity index (χ1n) is 7.02. The van der Waals surface area contributed by atoms with E-state index in [1.165, 1.54) is 12.1 Å². The Kier molecular flexibility index (Phi) is 7.63. The second kappa shape index (κ2) is 8.71. The summed E-state index contributed by atoms with van der Waals surface area (Å²) in [6, 6.07) is 4.59. The second-order valence-corrected chi connectivity index (χ2v) is 6.28. The molecule has 1 aromatic carbocycles. The van der Waals surface area contributed by atoms with Crippen LogP contribution < -0.4 is 11.1 Å². The standard InChI is InChI=1S/C15H20BrFN2O.ClH/c16-13-6-5-12(17)7-11(13)9-19-15(20)8-10-3-1-2-4-14(10)18;/h5-7,10,14H,1-4,8-9,18H2,(H,19,20);1H. The van der Waals surface area contributed by atoms with Crippen LogP contribution in [0.4, 0.5) is 4.39 Å². The molecule has 1 aromatic rings. The zero-order valence-corrected chi connectivity index (χ0v) is 14.2. The molecule has 0 aliphatic heterocycles. The molecule has 2 atom stereocenters. The molecule has 1 amide bonds. The molecule has 6 heteroatoms. The van der Waals surface area contributed by atoms with Crippen LogP contribution in [0.5, 0.6) is 0 Å². The highest BCUT2D eigenvalue weighted by Gasteiger charge is 2.24. The van der Waals surface area contributed by atoms with E-state index in [-0.39, 0.29) is 36.1 Å². The molecule has 0 aromatic heterocycles. The first-order valence-corrected chi connectivity index (χ1v) is 7.82. The zero-order valence-electron chi connectivity index (χ0n) is 11.8. The van der Waals surface area contributed by atoms with Gasteiger partial charge in [-0.3, -0.25) is 4.79 Å². The van der Waals surface area contributed by atoms with Gasteiger partial charge >= 0.3 is 0 Å². The van der Waals surface area contributed by atoms with Crippen molar-refractivity contribution in [3.63, 3.8) is 0 Å². The number of hydrogen-bond donors (Lipinski definition) is 2. The molecule has 0 saturated heterocycles. The highest BCUT2D eigenvalue weighted by molar-refractivity contribution is 9.10. The SMILES string of the molecule is Cl.NC1CCCCC1CC(=O)NCc1cc(F)ccc1Br. The molecule has 3 N–H and O–H groups in total. The average Bonchev–Trinajstić information content (AvgIpc) is 2.42. The van der Waals surface area contributed by atoms with Crippen molar-refractivity contribution in [1.82, 2.24) is 5.32 Å². The maximum absolute atomic E-state index is 13.1. The number of rotatable bonds is 4. The van der Waals surface area contributed by atoms with E-state index >= 15 is 0 Å².